The van der Waals surface area contributed by atoms with Gasteiger partial charge in [-0.05, 0) is 58.4 Å². The summed E-state index contributed by atoms with van der Waals surface area (Å²) < 4.78 is 0.869. The fourth-order valence-electron chi connectivity index (χ4n) is 1.39. The number of benzene rings is 2. The van der Waals surface area contributed by atoms with E-state index in [2.05, 4.69) is 15.9 Å². The number of nitrogens with two attached hydrogens (primary N) is 1. The summed E-state index contributed by atoms with van der Waals surface area (Å²) in [6.07, 6.45) is 0. The molecule has 2 aromatic rings. The molecule has 0 saturated carbocycles. The molecule has 0 aliphatic rings. The third-order valence-electron chi connectivity index (χ3n) is 2.30. The third kappa shape index (κ3) is 3.05. The predicted octanol–water partition coefficient (Wildman–Crippen LogP) is 3.88. The Morgan fingerprint density at radius 3 is 2.28 bits per heavy atom. The van der Waals surface area contributed by atoms with Crippen molar-refractivity contribution < 1.29 is 9.90 Å². The van der Waals surface area contributed by atoms with Crippen molar-refractivity contribution in [1.29, 1.82) is 0 Å². The molecule has 0 unspecified atom stereocenters. The smallest absolute Gasteiger partial charge is 0.335 e. The van der Waals surface area contributed by atoms with E-state index >= 15 is 0 Å². The Labute approximate surface area is 117 Å². The molecule has 0 spiro atoms. The zero-order valence-corrected chi connectivity index (χ0v) is 11.7. The summed E-state index contributed by atoms with van der Waals surface area (Å²) in [4.78, 5) is 12.7. The molecule has 0 saturated heterocycles. The quantitative estimate of drug-likeness (QED) is 0.841. The molecule has 2 rings (SSSR count). The molecule has 3 N–H and O–H groups in total. The highest BCUT2D eigenvalue weighted by molar-refractivity contribution is 9.10. The Balaban J connectivity index is 2.18. The van der Waals surface area contributed by atoms with Crippen molar-refractivity contribution >= 4 is 39.3 Å². The van der Waals surface area contributed by atoms with Crippen LogP contribution in [0.1, 0.15) is 10.4 Å². The molecule has 5 heteroatoms. The normalized spacial score (nSPS) is 10.3. The van der Waals surface area contributed by atoms with Gasteiger partial charge in [-0.15, -0.1) is 0 Å². The van der Waals surface area contributed by atoms with E-state index in [1.807, 2.05) is 18.2 Å². The third-order valence-corrected chi connectivity index (χ3v) is 4.02. The molecular formula is C13H10BrNO2S. The number of aromatic carboxylic acids is 1. The van der Waals surface area contributed by atoms with E-state index in [1.54, 1.807) is 24.3 Å². The maximum atomic E-state index is 10.7. The van der Waals surface area contributed by atoms with E-state index in [-0.39, 0.29) is 5.56 Å². The SMILES string of the molecule is Nc1cc(Sc2ccc(C(=O)O)cc2)ccc1Br. The van der Waals surface area contributed by atoms with Crippen molar-refractivity contribution in [3.8, 4) is 0 Å². The van der Waals surface area contributed by atoms with Crippen LogP contribution >= 0.6 is 27.7 Å². The van der Waals surface area contributed by atoms with Crippen molar-refractivity contribution in [2.45, 2.75) is 9.79 Å². The van der Waals surface area contributed by atoms with Gasteiger partial charge < -0.3 is 10.8 Å². The van der Waals surface area contributed by atoms with Gasteiger partial charge in [0.2, 0.25) is 0 Å². The van der Waals surface area contributed by atoms with Gasteiger partial charge in [-0.2, -0.15) is 0 Å². The van der Waals surface area contributed by atoms with Crippen molar-refractivity contribution in [3.05, 3.63) is 52.5 Å². The molecule has 0 aromatic heterocycles. The number of halogens is 1. The van der Waals surface area contributed by atoms with Crippen molar-refractivity contribution in [2.75, 3.05) is 5.73 Å². The number of carboxylic acids is 1. The van der Waals surface area contributed by atoms with Gasteiger partial charge in [-0.3, -0.25) is 0 Å². The number of rotatable bonds is 3. The molecule has 0 aliphatic heterocycles. The molecule has 0 bridgehead atoms. The first-order valence-electron chi connectivity index (χ1n) is 5.12. The maximum Gasteiger partial charge on any atom is 0.335 e. The fraction of sp³-hybridized carbons (Fsp3) is 0. The van der Waals surface area contributed by atoms with E-state index < -0.39 is 5.97 Å². The van der Waals surface area contributed by atoms with Gasteiger partial charge in [0.05, 0.1) is 5.56 Å². The number of carboxylic acid groups (broad SMARTS) is 1. The largest absolute Gasteiger partial charge is 0.478 e. The number of hydrogen-bond donors (Lipinski definition) is 2. The number of nitrogen functional groups attached to an aromatic ring is 1. The summed E-state index contributed by atoms with van der Waals surface area (Å²) in [6, 6.07) is 12.5. The van der Waals surface area contributed by atoms with Gasteiger partial charge in [0.25, 0.3) is 0 Å². The second-order valence-corrected chi connectivity index (χ2v) is 5.62. The highest BCUT2D eigenvalue weighted by Crippen LogP contribution is 2.31. The Hall–Kier alpha value is -1.46. The number of anilines is 1. The second-order valence-electron chi connectivity index (χ2n) is 3.61. The minimum atomic E-state index is -0.917. The van der Waals surface area contributed by atoms with Crippen LogP contribution in [0.2, 0.25) is 0 Å². The Morgan fingerprint density at radius 2 is 1.72 bits per heavy atom. The topological polar surface area (TPSA) is 63.3 Å². The minimum absolute atomic E-state index is 0.287. The Kier molecular flexibility index (Phi) is 3.93. The van der Waals surface area contributed by atoms with Crippen molar-refractivity contribution in [1.82, 2.24) is 0 Å². The lowest BCUT2D eigenvalue weighted by Crippen LogP contribution is -1.94. The average molecular weight is 324 g/mol. The Morgan fingerprint density at radius 1 is 1.11 bits per heavy atom. The maximum absolute atomic E-state index is 10.7. The van der Waals surface area contributed by atoms with Crippen molar-refractivity contribution in [2.24, 2.45) is 0 Å². The van der Waals surface area contributed by atoms with Crippen LogP contribution in [0.4, 0.5) is 5.69 Å². The lowest BCUT2D eigenvalue weighted by Gasteiger charge is -2.04. The van der Waals surface area contributed by atoms with Gasteiger partial charge in [-0.25, -0.2) is 4.79 Å². The number of carbonyl (C=O) groups is 1. The Bertz CT molecular complexity index is 584. The van der Waals surface area contributed by atoms with E-state index in [0.29, 0.717) is 5.69 Å². The molecule has 0 radical (unpaired) electrons. The summed E-state index contributed by atoms with van der Waals surface area (Å²) in [5.74, 6) is -0.917. The van der Waals surface area contributed by atoms with Crippen LogP contribution in [0, 0.1) is 0 Å². The van der Waals surface area contributed by atoms with Crippen LogP contribution in [-0.2, 0) is 0 Å². The lowest BCUT2D eigenvalue weighted by molar-refractivity contribution is 0.0697. The summed E-state index contributed by atoms with van der Waals surface area (Å²) in [6.45, 7) is 0. The molecule has 0 aliphatic carbocycles. The van der Waals surface area contributed by atoms with E-state index in [9.17, 15) is 4.79 Å². The van der Waals surface area contributed by atoms with Gasteiger partial charge in [0.1, 0.15) is 0 Å². The van der Waals surface area contributed by atoms with Crippen molar-refractivity contribution in [3.63, 3.8) is 0 Å². The van der Waals surface area contributed by atoms with Crippen LogP contribution in [0.5, 0.6) is 0 Å². The number of hydrogen-bond acceptors (Lipinski definition) is 3. The van der Waals surface area contributed by atoms with Gasteiger partial charge in [-0.1, -0.05) is 11.8 Å². The lowest BCUT2D eigenvalue weighted by atomic mass is 10.2. The summed E-state index contributed by atoms with van der Waals surface area (Å²) >= 11 is 4.88. The van der Waals surface area contributed by atoms with E-state index in [1.165, 1.54) is 11.8 Å². The summed E-state index contributed by atoms with van der Waals surface area (Å²) in [7, 11) is 0. The second kappa shape index (κ2) is 5.46. The molecule has 92 valence electrons. The molecule has 3 nitrogen and oxygen atoms in total. The van der Waals surface area contributed by atoms with Crippen LogP contribution in [-0.4, -0.2) is 11.1 Å². The van der Waals surface area contributed by atoms with Gasteiger partial charge in [0.15, 0.2) is 0 Å². The van der Waals surface area contributed by atoms with Crippen LogP contribution < -0.4 is 5.73 Å². The van der Waals surface area contributed by atoms with Crippen LogP contribution in [0.15, 0.2) is 56.7 Å². The van der Waals surface area contributed by atoms with Gasteiger partial charge in [0, 0.05) is 20.0 Å². The first kappa shape index (κ1) is 13.0. The molecular weight excluding hydrogens is 314 g/mol. The van der Waals surface area contributed by atoms with E-state index in [4.69, 9.17) is 10.8 Å². The van der Waals surface area contributed by atoms with E-state index in [0.717, 1.165) is 14.3 Å². The molecule has 0 atom stereocenters. The molecule has 18 heavy (non-hydrogen) atoms. The molecule has 0 amide bonds. The van der Waals surface area contributed by atoms with Crippen LogP contribution in [0.25, 0.3) is 0 Å². The molecule has 0 heterocycles. The molecule has 2 aromatic carbocycles. The zero-order valence-electron chi connectivity index (χ0n) is 9.26. The minimum Gasteiger partial charge on any atom is -0.478 e. The highest BCUT2D eigenvalue weighted by atomic mass is 79.9. The first-order valence-corrected chi connectivity index (χ1v) is 6.73. The summed E-state index contributed by atoms with van der Waals surface area (Å²) in [5.41, 5.74) is 6.77. The predicted molar refractivity (Wildman–Crippen MR) is 76.1 cm³/mol. The summed E-state index contributed by atoms with van der Waals surface area (Å²) in [5, 5.41) is 8.80. The highest BCUT2D eigenvalue weighted by Gasteiger charge is 2.04. The zero-order chi connectivity index (χ0) is 13.1. The fourth-order valence-corrected chi connectivity index (χ4v) is 2.50. The standard InChI is InChI=1S/C13H10BrNO2S/c14-11-6-5-10(7-12(11)15)18-9-3-1-8(2-4-9)13(16)17/h1-7H,15H2,(H,16,17). The van der Waals surface area contributed by atoms with Crippen LogP contribution in [0.3, 0.4) is 0 Å². The monoisotopic (exact) mass is 323 g/mol. The first-order chi connectivity index (χ1) is 8.56. The molecule has 0 fully saturated rings. The average Bonchev–Trinajstić information content (AvgIpc) is 2.34. The van der Waals surface area contributed by atoms with Gasteiger partial charge >= 0.3 is 5.97 Å².